The van der Waals surface area contributed by atoms with Gasteiger partial charge in [0.05, 0.1) is 19.0 Å². The van der Waals surface area contributed by atoms with Crippen molar-refractivity contribution in [2.75, 3.05) is 7.11 Å². The number of ether oxygens (including phenoxy) is 1. The summed E-state index contributed by atoms with van der Waals surface area (Å²) in [6, 6.07) is 6.17. The van der Waals surface area contributed by atoms with E-state index in [1.807, 2.05) is 18.3 Å². The van der Waals surface area contributed by atoms with Crippen LogP contribution in [0.25, 0.3) is 11.3 Å². The van der Waals surface area contributed by atoms with Gasteiger partial charge in [-0.3, -0.25) is 0 Å². The van der Waals surface area contributed by atoms with E-state index in [9.17, 15) is 0 Å². The number of rotatable bonds is 3. The van der Waals surface area contributed by atoms with Crippen molar-refractivity contribution in [3.63, 3.8) is 0 Å². The second-order valence-corrected chi connectivity index (χ2v) is 4.95. The van der Waals surface area contributed by atoms with E-state index in [-0.39, 0.29) is 0 Å². The molecule has 0 saturated heterocycles. The maximum Gasteiger partial charge on any atom is 0.174 e. The standard InChI is InChI=1S/C13H15BrN2O/c1-8(2)10-6-9(4-5-12(10)17-3)11-7-15-13(14)16-11/h4-8H,1-3H3,(H,15,16). The largest absolute Gasteiger partial charge is 0.496 e. The summed E-state index contributed by atoms with van der Waals surface area (Å²) in [4.78, 5) is 7.30. The maximum atomic E-state index is 5.37. The zero-order valence-corrected chi connectivity index (χ0v) is 11.7. The smallest absolute Gasteiger partial charge is 0.174 e. The molecule has 0 aliphatic heterocycles. The Morgan fingerprint density at radius 3 is 2.65 bits per heavy atom. The summed E-state index contributed by atoms with van der Waals surface area (Å²) in [6.45, 7) is 4.31. The van der Waals surface area contributed by atoms with Gasteiger partial charge < -0.3 is 9.72 Å². The third-order valence-corrected chi connectivity index (χ3v) is 3.11. The van der Waals surface area contributed by atoms with Crippen LogP contribution in [0.1, 0.15) is 25.3 Å². The fraction of sp³-hybridized carbons (Fsp3) is 0.308. The third-order valence-electron chi connectivity index (χ3n) is 2.71. The molecule has 1 N–H and O–H groups in total. The first-order valence-electron chi connectivity index (χ1n) is 5.50. The second-order valence-electron chi connectivity index (χ2n) is 4.20. The van der Waals surface area contributed by atoms with Gasteiger partial charge >= 0.3 is 0 Å². The SMILES string of the molecule is COc1ccc(-c2cnc(Br)[nH]2)cc1C(C)C. The topological polar surface area (TPSA) is 37.9 Å². The lowest BCUT2D eigenvalue weighted by Gasteiger charge is -2.12. The van der Waals surface area contributed by atoms with Gasteiger partial charge in [0.15, 0.2) is 4.73 Å². The molecule has 4 heteroatoms. The molecule has 0 aliphatic rings. The van der Waals surface area contributed by atoms with Gasteiger partial charge in [0, 0.05) is 5.56 Å². The van der Waals surface area contributed by atoms with Crippen LogP contribution in [0.15, 0.2) is 29.1 Å². The summed E-state index contributed by atoms with van der Waals surface area (Å²) < 4.78 is 6.11. The molecule has 90 valence electrons. The quantitative estimate of drug-likeness (QED) is 0.930. The zero-order chi connectivity index (χ0) is 12.4. The van der Waals surface area contributed by atoms with Gasteiger partial charge in [-0.05, 0) is 45.6 Å². The van der Waals surface area contributed by atoms with Crippen LogP contribution >= 0.6 is 15.9 Å². The van der Waals surface area contributed by atoms with E-state index in [1.165, 1.54) is 5.56 Å². The molecule has 0 saturated carbocycles. The number of H-pyrrole nitrogens is 1. The number of methoxy groups -OCH3 is 1. The molecule has 0 fully saturated rings. The zero-order valence-electron chi connectivity index (χ0n) is 10.1. The average molecular weight is 295 g/mol. The van der Waals surface area contributed by atoms with Gasteiger partial charge in [-0.25, -0.2) is 4.98 Å². The normalized spacial score (nSPS) is 10.9. The molecular weight excluding hydrogens is 280 g/mol. The Labute approximate surface area is 109 Å². The Bertz CT molecular complexity index is 520. The van der Waals surface area contributed by atoms with Crippen molar-refractivity contribution in [2.45, 2.75) is 19.8 Å². The van der Waals surface area contributed by atoms with Crippen LogP contribution in [-0.4, -0.2) is 17.1 Å². The van der Waals surface area contributed by atoms with Crippen LogP contribution in [0.2, 0.25) is 0 Å². The molecule has 2 aromatic rings. The molecule has 0 unspecified atom stereocenters. The van der Waals surface area contributed by atoms with Crippen LogP contribution in [0.3, 0.4) is 0 Å². The molecule has 1 aromatic carbocycles. The van der Waals surface area contributed by atoms with Crippen molar-refractivity contribution in [1.29, 1.82) is 0 Å². The number of benzene rings is 1. The van der Waals surface area contributed by atoms with E-state index < -0.39 is 0 Å². The molecule has 0 radical (unpaired) electrons. The molecule has 0 amide bonds. The molecule has 17 heavy (non-hydrogen) atoms. The van der Waals surface area contributed by atoms with E-state index in [2.05, 4.69) is 45.8 Å². The number of nitrogens with one attached hydrogen (secondary N) is 1. The summed E-state index contributed by atoms with van der Waals surface area (Å²) in [7, 11) is 1.70. The van der Waals surface area contributed by atoms with Crippen LogP contribution < -0.4 is 4.74 Å². The van der Waals surface area contributed by atoms with Gasteiger partial charge in [0.2, 0.25) is 0 Å². The highest BCUT2D eigenvalue weighted by Crippen LogP contribution is 2.31. The highest BCUT2D eigenvalue weighted by atomic mass is 79.9. The van der Waals surface area contributed by atoms with E-state index in [0.717, 1.165) is 21.7 Å². The Kier molecular flexibility index (Phi) is 3.52. The van der Waals surface area contributed by atoms with Gasteiger partial charge in [-0.15, -0.1) is 0 Å². The predicted octanol–water partition coefficient (Wildman–Crippen LogP) is 3.97. The Morgan fingerprint density at radius 2 is 2.12 bits per heavy atom. The lowest BCUT2D eigenvalue weighted by molar-refractivity contribution is 0.407. The first-order chi connectivity index (χ1) is 8.11. The fourth-order valence-electron chi connectivity index (χ4n) is 1.80. The van der Waals surface area contributed by atoms with Gasteiger partial charge in [-0.1, -0.05) is 13.8 Å². The van der Waals surface area contributed by atoms with Gasteiger partial charge in [0.25, 0.3) is 0 Å². The number of hydrogen-bond donors (Lipinski definition) is 1. The molecule has 1 heterocycles. The molecule has 0 spiro atoms. The first kappa shape index (κ1) is 12.2. The first-order valence-corrected chi connectivity index (χ1v) is 6.30. The molecular formula is C13H15BrN2O. The average Bonchev–Trinajstić information content (AvgIpc) is 2.75. The highest BCUT2D eigenvalue weighted by Gasteiger charge is 2.10. The molecule has 3 nitrogen and oxygen atoms in total. The molecule has 1 aromatic heterocycles. The molecule has 0 atom stereocenters. The highest BCUT2D eigenvalue weighted by molar-refractivity contribution is 9.10. The summed E-state index contributed by atoms with van der Waals surface area (Å²) in [5.41, 5.74) is 3.32. The van der Waals surface area contributed by atoms with Gasteiger partial charge in [0.1, 0.15) is 5.75 Å². The Balaban J connectivity index is 2.47. The van der Waals surface area contributed by atoms with E-state index >= 15 is 0 Å². The van der Waals surface area contributed by atoms with Crippen molar-refractivity contribution >= 4 is 15.9 Å². The van der Waals surface area contributed by atoms with Crippen LogP contribution in [0, 0.1) is 0 Å². The van der Waals surface area contributed by atoms with E-state index in [1.54, 1.807) is 7.11 Å². The maximum absolute atomic E-state index is 5.37. The van der Waals surface area contributed by atoms with Crippen molar-refractivity contribution in [1.82, 2.24) is 9.97 Å². The number of aromatic amines is 1. The number of aromatic nitrogens is 2. The molecule has 2 rings (SSSR count). The number of nitrogens with zero attached hydrogens (tertiary/aromatic N) is 1. The number of hydrogen-bond acceptors (Lipinski definition) is 2. The number of halogens is 1. The lowest BCUT2D eigenvalue weighted by Crippen LogP contribution is -1.94. The van der Waals surface area contributed by atoms with Crippen LogP contribution in [0.5, 0.6) is 5.75 Å². The minimum absolute atomic E-state index is 0.427. The van der Waals surface area contributed by atoms with Crippen molar-refractivity contribution < 1.29 is 4.74 Å². The van der Waals surface area contributed by atoms with Crippen molar-refractivity contribution in [2.24, 2.45) is 0 Å². The summed E-state index contributed by atoms with van der Waals surface area (Å²) in [6.07, 6.45) is 1.82. The summed E-state index contributed by atoms with van der Waals surface area (Å²) in [5, 5.41) is 0. The summed E-state index contributed by atoms with van der Waals surface area (Å²) in [5.74, 6) is 1.36. The molecule has 0 bridgehead atoms. The van der Waals surface area contributed by atoms with E-state index in [4.69, 9.17) is 4.74 Å². The van der Waals surface area contributed by atoms with Crippen LogP contribution in [-0.2, 0) is 0 Å². The number of imidazole rings is 1. The molecule has 0 aliphatic carbocycles. The van der Waals surface area contributed by atoms with Crippen molar-refractivity contribution in [3.8, 4) is 17.0 Å². The fourth-order valence-corrected chi connectivity index (χ4v) is 2.11. The van der Waals surface area contributed by atoms with Crippen molar-refractivity contribution in [3.05, 3.63) is 34.7 Å². The van der Waals surface area contributed by atoms with Gasteiger partial charge in [-0.2, -0.15) is 0 Å². The van der Waals surface area contributed by atoms with E-state index in [0.29, 0.717) is 5.92 Å². The summed E-state index contributed by atoms with van der Waals surface area (Å²) >= 11 is 3.31. The Morgan fingerprint density at radius 1 is 1.35 bits per heavy atom. The third kappa shape index (κ3) is 2.52. The predicted molar refractivity (Wildman–Crippen MR) is 72.4 cm³/mol. The lowest BCUT2D eigenvalue weighted by atomic mass is 9.98. The Hall–Kier alpha value is -1.29. The van der Waals surface area contributed by atoms with Crippen LogP contribution in [0.4, 0.5) is 0 Å². The minimum Gasteiger partial charge on any atom is -0.496 e. The monoisotopic (exact) mass is 294 g/mol. The minimum atomic E-state index is 0.427. The second kappa shape index (κ2) is 4.92.